The first-order valence-electron chi connectivity index (χ1n) is 6.23. The van der Waals surface area contributed by atoms with E-state index in [-0.39, 0.29) is 0 Å². The Bertz CT molecular complexity index is 375. The lowest BCUT2D eigenvalue weighted by atomic mass is 9.76. The summed E-state index contributed by atoms with van der Waals surface area (Å²) in [4.78, 5) is 1.41. The minimum atomic E-state index is 0.401. The van der Waals surface area contributed by atoms with E-state index in [1.54, 1.807) is 0 Å². The van der Waals surface area contributed by atoms with E-state index in [9.17, 15) is 0 Å². The minimum Gasteiger partial charge on any atom is -0.271 e. The molecule has 0 aliphatic heterocycles. The summed E-state index contributed by atoms with van der Waals surface area (Å²) in [5, 5.41) is 0. The Balaban J connectivity index is 2.06. The maximum atomic E-state index is 5.77. The zero-order valence-corrected chi connectivity index (χ0v) is 12.9. The predicted octanol–water partition coefficient (Wildman–Crippen LogP) is 3.71. The Kier molecular flexibility index (Phi) is 4.29. The van der Waals surface area contributed by atoms with Gasteiger partial charge < -0.3 is 0 Å². The number of nitrogens with two attached hydrogens (primary N) is 1. The fraction of sp³-hybridized carbons (Fsp3) is 0.692. The van der Waals surface area contributed by atoms with Crippen LogP contribution in [-0.4, -0.2) is 6.04 Å². The highest BCUT2D eigenvalue weighted by molar-refractivity contribution is 9.11. The molecule has 1 aliphatic rings. The Morgan fingerprint density at radius 3 is 2.82 bits per heavy atom. The number of thiophene rings is 1. The van der Waals surface area contributed by atoms with Crippen molar-refractivity contribution >= 4 is 27.3 Å². The van der Waals surface area contributed by atoms with Crippen LogP contribution in [0.15, 0.2) is 15.9 Å². The van der Waals surface area contributed by atoms with Crippen molar-refractivity contribution in [2.24, 2.45) is 17.2 Å². The Labute approximate surface area is 116 Å². The van der Waals surface area contributed by atoms with Gasteiger partial charge >= 0.3 is 0 Å². The maximum Gasteiger partial charge on any atom is 0.0701 e. The second-order valence-corrected chi connectivity index (χ2v) is 8.22. The zero-order valence-electron chi connectivity index (χ0n) is 10.5. The van der Waals surface area contributed by atoms with Crippen LogP contribution in [0.1, 0.15) is 38.0 Å². The number of hydrogen-bond acceptors (Lipinski definition) is 3. The lowest BCUT2D eigenvalue weighted by Crippen LogP contribution is -2.45. The SMILES string of the molecule is CC1(C)CCCC1C(Cc1ccc(Br)s1)NN. The van der Waals surface area contributed by atoms with Gasteiger partial charge in [-0.25, -0.2) is 0 Å². The number of hydrogen-bond donors (Lipinski definition) is 2. The molecule has 17 heavy (non-hydrogen) atoms. The summed E-state index contributed by atoms with van der Waals surface area (Å²) in [6, 6.07) is 4.71. The lowest BCUT2D eigenvalue weighted by molar-refractivity contribution is 0.197. The highest BCUT2D eigenvalue weighted by Crippen LogP contribution is 2.45. The van der Waals surface area contributed by atoms with E-state index in [1.807, 2.05) is 11.3 Å². The average molecular weight is 317 g/mol. The van der Waals surface area contributed by atoms with Gasteiger partial charge in [-0.2, -0.15) is 0 Å². The molecule has 2 unspecified atom stereocenters. The fourth-order valence-corrected chi connectivity index (χ4v) is 4.64. The van der Waals surface area contributed by atoms with E-state index < -0.39 is 0 Å². The second-order valence-electron chi connectivity index (χ2n) is 5.67. The van der Waals surface area contributed by atoms with Crippen LogP contribution in [0.25, 0.3) is 0 Å². The van der Waals surface area contributed by atoms with Crippen molar-refractivity contribution in [1.82, 2.24) is 5.43 Å². The van der Waals surface area contributed by atoms with Crippen LogP contribution in [0, 0.1) is 11.3 Å². The number of hydrazine groups is 1. The first-order chi connectivity index (χ1) is 8.03. The molecule has 0 spiro atoms. The average Bonchev–Trinajstić information content (AvgIpc) is 2.81. The van der Waals surface area contributed by atoms with Crippen LogP contribution < -0.4 is 11.3 Å². The van der Waals surface area contributed by atoms with Crippen LogP contribution in [-0.2, 0) is 6.42 Å². The smallest absolute Gasteiger partial charge is 0.0701 e. The number of rotatable bonds is 4. The summed E-state index contributed by atoms with van der Waals surface area (Å²) in [6.45, 7) is 4.75. The molecule has 1 aromatic heterocycles. The molecular weight excluding hydrogens is 296 g/mol. The van der Waals surface area contributed by atoms with Crippen molar-refractivity contribution < 1.29 is 0 Å². The summed E-state index contributed by atoms with van der Waals surface area (Å²) >= 11 is 5.33. The molecule has 2 atom stereocenters. The Hall–Kier alpha value is 0.1000. The molecule has 1 saturated carbocycles. The van der Waals surface area contributed by atoms with Gasteiger partial charge in [0, 0.05) is 10.9 Å². The van der Waals surface area contributed by atoms with Crippen molar-refractivity contribution in [3.8, 4) is 0 Å². The molecule has 1 fully saturated rings. The van der Waals surface area contributed by atoms with E-state index in [0.717, 1.165) is 6.42 Å². The van der Waals surface area contributed by atoms with Gasteiger partial charge in [0.2, 0.25) is 0 Å². The summed E-state index contributed by atoms with van der Waals surface area (Å²) in [5.41, 5.74) is 3.47. The van der Waals surface area contributed by atoms with Crippen molar-refractivity contribution in [3.05, 3.63) is 20.8 Å². The van der Waals surface area contributed by atoms with Gasteiger partial charge in [-0.15, -0.1) is 11.3 Å². The summed E-state index contributed by atoms with van der Waals surface area (Å²) in [7, 11) is 0. The highest BCUT2D eigenvalue weighted by atomic mass is 79.9. The third kappa shape index (κ3) is 3.11. The second kappa shape index (κ2) is 5.39. The standard InChI is InChI=1S/C13H21BrN2S/c1-13(2)7-3-4-10(13)11(16-15)8-9-5-6-12(14)17-9/h5-6,10-11,16H,3-4,7-8,15H2,1-2H3. The van der Waals surface area contributed by atoms with Gasteiger partial charge in [0.25, 0.3) is 0 Å². The van der Waals surface area contributed by atoms with Crippen LogP contribution >= 0.6 is 27.3 Å². The van der Waals surface area contributed by atoms with E-state index in [2.05, 4.69) is 47.3 Å². The van der Waals surface area contributed by atoms with E-state index >= 15 is 0 Å². The van der Waals surface area contributed by atoms with Gasteiger partial charge in [-0.3, -0.25) is 11.3 Å². The summed E-state index contributed by atoms with van der Waals surface area (Å²) < 4.78 is 1.20. The monoisotopic (exact) mass is 316 g/mol. The van der Waals surface area contributed by atoms with E-state index in [1.165, 1.54) is 27.9 Å². The molecule has 3 N–H and O–H groups in total. The molecule has 4 heteroatoms. The molecule has 0 aromatic carbocycles. The van der Waals surface area contributed by atoms with Gasteiger partial charge in [-0.1, -0.05) is 20.3 Å². The van der Waals surface area contributed by atoms with Gasteiger partial charge in [-0.05, 0) is 58.7 Å². The molecule has 0 amide bonds. The molecular formula is C13H21BrN2S. The van der Waals surface area contributed by atoms with E-state index in [0.29, 0.717) is 17.4 Å². The van der Waals surface area contributed by atoms with Crippen molar-refractivity contribution in [1.29, 1.82) is 0 Å². The molecule has 96 valence electrons. The summed E-state index contributed by atoms with van der Waals surface area (Å²) in [5.74, 6) is 6.46. The molecule has 1 aromatic rings. The molecule has 1 heterocycles. The largest absolute Gasteiger partial charge is 0.271 e. The van der Waals surface area contributed by atoms with Crippen molar-refractivity contribution in [2.75, 3.05) is 0 Å². The molecule has 0 radical (unpaired) electrons. The zero-order chi connectivity index (χ0) is 12.5. The Morgan fingerprint density at radius 1 is 1.59 bits per heavy atom. The topological polar surface area (TPSA) is 38.0 Å². The predicted molar refractivity (Wildman–Crippen MR) is 78.0 cm³/mol. The summed E-state index contributed by atoms with van der Waals surface area (Å²) in [6.07, 6.45) is 5.00. The lowest BCUT2D eigenvalue weighted by Gasteiger charge is -2.33. The molecule has 2 nitrogen and oxygen atoms in total. The van der Waals surface area contributed by atoms with Crippen LogP contribution in [0.2, 0.25) is 0 Å². The normalized spacial score (nSPS) is 25.1. The van der Waals surface area contributed by atoms with E-state index in [4.69, 9.17) is 5.84 Å². The van der Waals surface area contributed by atoms with Crippen LogP contribution in [0.5, 0.6) is 0 Å². The number of halogens is 1. The van der Waals surface area contributed by atoms with Crippen molar-refractivity contribution in [3.63, 3.8) is 0 Å². The first-order valence-corrected chi connectivity index (χ1v) is 7.84. The fourth-order valence-electron chi connectivity index (χ4n) is 3.10. The molecule has 2 rings (SSSR count). The highest BCUT2D eigenvalue weighted by Gasteiger charge is 2.39. The third-order valence-corrected chi connectivity index (χ3v) is 5.74. The molecule has 1 aliphatic carbocycles. The van der Waals surface area contributed by atoms with Crippen LogP contribution in [0.3, 0.4) is 0 Å². The van der Waals surface area contributed by atoms with Gasteiger partial charge in [0.1, 0.15) is 0 Å². The molecule has 0 saturated heterocycles. The first kappa shape index (κ1) is 13.5. The third-order valence-electron chi connectivity index (χ3n) is 4.09. The number of nitrogens with one attached hydrogen (secondary N) is 1. The van der Waals surface area contributed by atoms with Gasteiger partial charge in [0.05, 0.1) is 3.79 Å². The maximum absolute atomic E-state index is 5.77. The molecule has 0 bridgehead atoms. The van der Waals surface area contributed by atoms with Gasteiger partial charge in [0.15, 0.2) is 0 Å². The van der Waals surface area contributed by atoms with Crippen LogP contribution in [0.4, 0.5) is 0 Å². The van der Waals surface area contributed by atoms with Crippen molar-refractivity contribution in [2.45, 2.75) is 45.6 Å². The Morgan fingerprint density at radius 2 is 2.35 bits per heavy atom. The quantitative estimate of drug-likeness (QED) is 0.656. The minimum absolute atomic E-state index is 0.401.